The van der Waals surface area contributed by atoms with E-state index in [2.05, 4.69) is 28.7 Å². The van der Waals surface area contributed by atoms with Gasteiger partial charge in [-0.05, 0) is 48.7 Å². The Morgan fingerprint density at radius 3 is 3.12 bits per heavy atom. The highest BCUT2D eigenvalue weighted by atomic mass is 32.1. The lowest BCUT2D eigenvalue weighted by Gasteiger charge is -2.39. The van der Waals surface area contributed by atoms with Gasteiger partial charge in [-0.25, -0.2) is 0 Å². The van der Waals surface area contributed by atoms with Gasteiger partial charge < -0.3 is 5.11 Å². The summed E-state index contributed by atoms with van der Waals surface area (Å²) < 4.78 is 0. The van der Waals surface area contributed by atoms with Gasteiger partial charge in [0.25, 0.3) is 0 Å². The molecule has 3 nitrogen and oxygen atoms in total. The van der Waals surface area contributed by atoms with Crippen LogP contribution in [0.4, 0.5) is 0 Å². The van der Waals surface area contributed by atoms with E-state index in [1.807, 2.05) is 0 Å². The molecule has 1 aromatic rings. The molecule has 1 N–H and O–H groups in total. The summed E-state index contributed by atoms with van der Waals surface area (Å²) in [6, 6.07) is 2.68. The van der Waals surface area contributed by atoms with E-state index in [9.17, 15) is 4.79 Å². The van der Waals surface area contributed by atoms with Gasteiger partial charge in [0.2, 0.25) is 0 Å². The third kappa shape index (κ3) is 3.07. The summed E-state index contributed by atoms with van der Waals surface area (Å²) in [4.78, 5) is 13.3. The second-order valence-electron chi connectivity index (χ2n) is 4.72. The molecular formula is C13H19NO2S. The maximum atomic E-state index is 10.9. The molecule has 17 heavy (non-hydrogen) atoms. The second-order valence-corrected chi connectivity index (χ2v) is 5.50. The Balaban J connectivity index is 2.07. The van der Waals surface area contributed by atoms with Crippen molar-refractivity contribution >= 4 is 17.3 Å². The van der Waals surface area contributed by atoms with Crippen molar-refractivity contribution < 1.29 is 9.90 Å². The Kier molecular flexibility index (Phi) is 4.18. The molecule has 0 amide bonds. The molecule has 1 saturated heterocycles. The average molecular weight is 253 g/mol. The average Bonchev–Trinajstić information content (AvgIpc) is 2.81. The number of rotatable bonds is 4. The summed E-state index contributed by atoms with van der Waals surface area (Å²) in [7, 11) is 0. The quantitative estimate of drug-likeness (QED) is 0.896. The fourth-order valence-electron chi connectivity index (χ4n) is 2.66. The zero-order valence-electron chi connectivity index (χ0n) is 10.1. The molecule has 4 heteroatoms. The fraction of sp³-hybridized carbons (Fsp3) is 0.615. The lowest BCUT2D eigenvalue weighted by Crippen LogP contribution is -2.42. The SMILES string of the molecule is CC(c1ccsc1)N1CCCCC1CC(=O)O. The van der Waals surface area contributed by atoms with Gasteiger partial charge in [-0.1, -0.05) is 6.42 Å². The number of carbonyl (C=O) groups is 1. The van der Waals surface area contributed by atoms with Gasteiger partial charge in [-0.15, -0.1) is 0 Å². The van der Waals surface area contributed by atoms with E-state index in [1.165, 1.54) is 12.0 Å². The van der Waals surface area contributed by atoms with Crippen molar-refractivity contribution in [2.75, 3.05) is 6.54 Å². The normalized spacial score (nSPS) is 23.5. The second kappa shape index (κ2) is 5.65. The maximum Gasteiger partial charge on any atom is 0.304 e. The van der Waals surface area contributed by atoms with Crippen molar-refractivity contribution in [3.8, 4) is 0 Å². The van der Waals surface area contributed by atoms with Gasteiger partial charge in [0.1, 0.15) is 0 Å². The van der Waals surface area contributed by atoms with Gasteiger partial charge in [0, 0.05) is 12.1 Å². The van der Waals surface area contributed by atoms with Crippen LogP contribution in [0.15, 0.2) is 16.8 Å². The zero-order chi connectivity index (χ0) is 12.3. The molecule has 0 spiro atoms. The predicted octanol–water partition coefficient (Wildman–Crippen LogP) is 3.14. The Hall–Kier alpha value is -0.870. The number of carboxylic acid groups (broad SMARTS) is 1. The van der Waals surface area contributed by atoms with E-state index >= 15 is 0 Å². The van der Waals surface area contributed by atoms with Crippen LogP contribution in [0.2, 0.25) is 0 Å². The molecule has 2 heterocycles. The van der Waals surface area contributed by atoms with Crippen molar-refractivity contribution in [2.24, 2.45) is 0 Å². The van der Waals surface area contributed by atoms with Crippen LogP contribution in [0.1, 0.15) is 44.2 Å². The predicted molar refractivity (Wildman–Crippen MR) is 69.3 cm³/mol. The molecule has 2 rings (SSSR count). The summed E-state index contributed by atoms with van der Waals surface area (Å²) in [5.74, 6) is -0.681. The maximum absolute atomic E-state index is 10.9. The topological polar surface area (TPSA) is 40.5 Å². The fourth-order valence-corrected chi connectivity index (χ4v) is 3.40. The van der Waals surface area contributed by atoms with Crippen LogP contribution in [0.5, 0.6) is 0 Å². The summed E-state index contributed by atoms with van der Waals surface area (Å²) in [6.07, 6.45) is 3.63. The summed E-state index contributed by atoms with van der Waals surface area (Å²) in [6.45, 7) is 3.21. The standard InChI is InChI=1S/C13H19NO2S/c1-10(11-5-7-17-9-11)14-6-3-2-4-12(14)8-13(15)16/h5,7,9-10,12H,2-4,6,8H2,1H3,(H,15,16). The molecule has 1 aromatic heterocycles. The first-order valence-corrected chi connectivity index (χ1v) is 7.12. The third-order valence-electron chi connectivity index (χ3n) is 3.61. The van der Waals surface area contributed by atoms with E-state index < -0.39 is 5.97 Å². The number of piperidine rings is 1. The van der Waals surface area contributed by atoms with Crippen molar-refractivity contribution in [3.63, 3.8) is 0 Å². The van der Waals surface area contributed by atoms with Crippen LogP contribution < -0.4 is 0 Å². The Bertz CT molecular complexity index is 364. The molecule has 0 radical (unpaired) electrons. The minimum absolute atomic E-state index is 0.205. The largest absolute Gasteiger partial charge is 0.481 e. The third-order valence-corrected chi connectivity index (χ3v) is 4.31. The molecule has 2 atom stereocenters. The molecule has 94 valence electrons. The Morgan fingerprint density at radius 2 is 2.47 bits per heavy atom. The van der Waals surface area contributed by atoms with Gasteiger partial charge in [0.15, 0.2) is 0 Å². The first-order chi connectivity index (χ1) is 8.18. The molecule has 2 unspecified atom stereocenters. The van der Waals surface area contributed by atoms with Gasteiger partial charge >= 0.3 is 5.97 Å². The summed E-state index contributed by atoms with van der Waals surface area (Å²) in [5.41, 5.74) is 1.31. The lowest BCUT2D eigenvalue weighted by molar-refractivity contribution is -0.139. The molecule has 0 aromatic carbocycles. The molecule has 1 aliphatic rings. The van der Waals surface area contributed by atoms with E-state index in [0.717, 1.165) is 19.4 Å². The van der Waals surface area contributed by atoms with E-state index in [0.29, 0.717) is 6.04 Å². The van der Waals surface area contributed by atoms with Crippen LogP contribution in [-0.2, 0) is 4.79 Å². The van der Waals surface area contributed by atoms with Crippen molar-refractivity contribution in [1.82, 2.24) is 4.90 Å². The highest BCUT2D eigenvalue weighted by Crippen LogP contribution is 2.30. The zero-order valence-corrected chi connectivity index (χ0v) is 10.9. The van der Waals surface area contributed by atoms with Gasteiger partial charge in [-0.3, -0.25) is 9.69 Å². The highest BCUT2D eigenvalue weighted by molar-refractivity contribution is 7.07. The van der Waals surface area contributed by atoms with E-state index in [4.69, 9.17) is 5.11 Å². The Morgan fingerprint density at radius 1 is 1.65 bits per heavy atom. The van der Waals surface area contributed by atoms with Crippen molar-refractivity contribution in [2.45, 2.75) is 44.7 Å². The molecule has 1 fully saturated rings. The smallest absolute Gasteiger partial charge is 0.304 e. The Labute approximate surface area is 106 Å². The van der Waals surface area contributed by atoms with Crippen LogP contribution in [0.25, 0.3) is 0 Å². The lowest BCUT2D eigenvalue weighted by atomic mass is 9.96. The number of thiophene rings is 1. The molecule has 0 aliphatic carbocycles. The van der Waals surface area contributed by atoms with Gasteiger partial charge in [-0.2, -0.15) is 11.3 Å². The van der Waals surface area contributed by atoms with E-state index in [1.54, 1.807) is 11.3 Å². The first kappa shape index (κ1) is 12.6. The minimum Gasteiger partial charge on any atom is -0.481 e. The van der Waals surface area contributed by atoms with E-state index in [-0.39, 0.29) is 12.5 Å². The number of nitrogens with zero attached hydrogens (tertiary/aromatic N) is 1. The molecular weight excluding hydrogens is 234 g/mol. The number of hydrogen-bond donors (Lipinski definition) is 1. The van der Waals surface area contributed by atoms with Crippen LogP contribution in [0.3, 0.4) is 0 Å². The minimum atomic E-state index is -0.681. The molecule has 0 saturated carbocycles. The molecule has 1 aliphatic heterocycles. The number of hydrogen-bond acceptors (Lipinski definition) is 3. The number of aliphatic carboxylic acids is 1. The van der Waals surface area contributed by atoms with Crippen LogP contribution in [0, 0.1) is 0 Å². The first-order valence-electron chi connectivity index (χ1n) is 6.18. The summed E-state index contributed by atoms with van der Waals surface area (Å²) in [5, 5.41) is 13.2. The summed E-state index contributed by atoms with van der Waals surface area (Å²) >= 11 is 1.70. The van der Waals surface area contributed by atoms with Gasteiger partial charge in [0.05, 0.1) is 6.42 Å². The van der Waals surface area contributed by atoms with Crippen LogP contribution >= 0.6 is 11.3 Å². The number of carboxylic acids is 1. The number of likely N-dealkylation sites (tertiary alicyclic amines) is 1. The highest BCUT2D eigenvalue weighted by Gasteiger charge is 2.28. The van der Waals surface area contributed by atoms with Crippen molar-refractivity contribution in [1.29, 1.82) is 0 Å². The van der Waals surface area contributed by atoms with Crippen LogP contribution in [-0.4, -0.2) is 28.6 Å². The molecule has 0 bridgehead atoms. The van der Waals surface area contributed by atoms with Crippen molar-refractivity contribution in [3.05, 3.63) is 22.4 Å². The monoisotopic (exact) mass is 253 g/mol.